The van der Waals surface area contributed by atoms with Crippen molar-refractivity contribution < 1.29 is 14.6 Å². The van der Waals surface area contributed by atoms with Crippen molar-refractivity contribution in [3.05, 3.63) is 27.8 Å². The molecule has 0 unspecified atom stereocenters. The molecule has 0 bridgehead atoms. The molecule has 3 nitrogen and oxygen atoms in total. The third-order valence-corrected chi connectivity index (χ3v) is 2.33. The highest BCUT2D eigenvalue weighted by molar-refractivity contribution is 14.1. The van der Waals surface area contributed by atoms with Crippen molar-refractivity contribution >= 4 is 22.6 Å². The largest absolute Gasteiger partial charge is 0.491 e. The van der Waals surface area contributed by atoms with Crippen LogP contribution in [-0.4, -0.2) is 31.5 Å². The Kier molecular flexibility index (Phi) is 5.21. The molecule has 1 aromatic carbocycles. The first-order valence-corrected chi connectivity index (χ1v) is 5.35. The third-order valence-electron chi connectivity index (χ3n) is 1.62. The minimum absolute atomic E-state index is 0.258. The number of halogens is 1. The van der Waals surface area contributed by atoms with Gasteiger partial charge in [0.05, 0.1) is 6.61 Å². The van der Waals surface area contributed by atoms with Gasteiger partial charge < -0.3 is 14.6 Å². The van der Waals surface area contributed by atoms with Gasteiger partial charge in [0, 0.05) is 10.7 Å². The molecule has 1 N–H and O–H groups in total. The van der Waals surface area contributed by atoms with Gasteiger partial charge in [-0.1, -0.05) is 0 Å². The normalized spacial score (nSPS) is 12.5. The monoisotopic (exact) mass is 308 g/mol. The lowest BCUT2D eigenvalue weighted by atomic mass is 10.3. The van der Waals surface area contributed by atoms with E-state index in [1.807, 2.05) is 24.3 Å². The lowest BCUT2D eigenvalue weighted by molar-refractivity contribution is 0.0325. The minimum Gasteiger partial charge on any atom is -0.491 e. The molecule has 0 aliphatic rings. The van der Waals surface area contributed by atoms with Gasteiger partial charge >= 0.3 is 0 Å². The van der Waals surface area contributed by atoms with Gasteiger partial charge in [-0.25, -0.2) is 0 Å². The second-order valence-electron chi connectivity index (χ2n) is 2.87. The fraction of sp³-hybridized carbons (Fsp3) is 0.400. The summed E-state index contributed by atoms with van der Waals surface area (Å²) < 4.78 is 11.3. The van der Waals surface area contributed by atoms with E-state index in [1.165, 1.54) is 0 Å². The van der Waals surface area contributed by atoms with Crippen LogP contribution in [0.3, 0.4) is 0 Å². The summed E-state index contributed by atoms with van der Waals surface area (Å²) in [7, 11) is 1.55. The first-order chi connectivity index (χ1) is 6.72. The van der Waals surface area contributed by atoms with Crippen LogP contribution in [0.5, 0.6) is 5.75 Å². The summed E-state index contributed by atoms with van der Waals surface area (Å²) in [5, 5.41) is 9.31. The van der Waals surface area contributed by atoms with Crippen molar-refractivity contribution in [2.24, 2.45) is 0 Å². The number of methoxy groups -OCH3 is 1. The summed E-state index contributed by atoms with van der Waals surface area (Å²) in [6.07, 6.45) is -0.570. The summed E-state index contributed by atoms with van der Waals surface area (Å²) in [6, 6.07) is 7.67. The van der Waals surface area contributed by atoms with Crippen molar-refractivity contribution in [3.63, 3.8) is 0 Å². The highest BCUT2D eigenvalue weighted by Gasteiger charge is 2.03. The molecule has 0 spiro atoms. The summed E-state index contributed by atoms with van der Waals surface area (Å²) in [5.74, 6) is 0.764. The maximum absolute atomic E-state index is 9.31. The average Bonchev–Trinajstić information content (AvgIpc) is 2.17. The van der Waals surface area contributed by atoms with E-state index in [9.17, 15) is 5.11 Å². The van der Waals surface area contributed by atoms with Crippen molar-refractivity contribution in [2.75, 3.05) is 20.3 Å². The van der Waals surface area contributed by atoms with Crippen LogP contribution in [0.2, 0.25) is 0 Å². The van der Waals surface area contributed by atoms with Gasteiger partial charge in [-0.2, -0.15) is 0 Å². The van der Waals surface area contributed by atoms with E-state index >= 15 is 0 Å². The minimum atomic E-state index is -0.570. The van der Waals surface area contributed by atoms with Gasteiger partial charge in [0.2, 0.25) is 0 Å². The standard InChI is InChI=1S/C10H13IO3/c1-13-6-9(12)7-14-10-4-2-8(11)3-5-10/h2-5,9,12H,6-7H2,1H3/t9-/m1/s1. The van der Waals surface area contributed by atoms with E-state index in [0.717, 1.165) is 9.32 Å². The molecule has 0 heterocycles. The second-order valence-corrected chi connectivity index (χ2v) is 4.12. The van der Waals surface area contributed by atoms with Gasteiger partial charge in [0.1, 0.15) is 18.5 Å². The zero-order chi connectivity index (χ0) is 10.4. The van der Waals surface area contributed by atoms with Gasteiger partial charge in [0.25, 0.3) is 0 Å². The van der Waals surface area contributed by atoms with Crippen LogP contribution in [0, 0.1) is 3.57 Å². The molecule has 0 amide bonds. The topological polar surface area (TPSA) is 38.7 Å². The number of aliphatic hydroxyl groups excluding tert-OH is 1. The van der Waals surface area contributed by atoms with Crippen molar-refractivity contribution in [1.82, 2.24) is 0 Å². The lowest BCUT2D eigenvalue weighted by Gasteiger charge is -2.11. The molecular formula is C10H13IO3. The van der Waals surface area contributed by atoms with E-state index in [4.69, 9.17) is 9.47 Å². The maximum Gasteiger partial charge on any atom is 0.119 e. The molecule has 0 aliphatic carbocycles. The molecule has 1 rings (SSSR count). The predicted molar refractivity (Wildman–Crippen MR) is 62.5 cm³/mol. The van der Waals surface area contributed by atoms with Crippen LogP contribution in [0.25, 0.3) is 0 Å². The number of hydrogen-bond donors (Lipinski definition) is 1. The second kappa shape index (κ2) is 6.21. The van der Waals surface area contributed by atoms with Gasteiger partial charge in [-0.3, -0.25) is 0 Å². The van der Waals surface area contributed by atoms with Gasteiger partial charge in [-0.15, -0.1) is 0 Å². The smallest absolute Gasteiger partial charge is 0.119 e. The Morgan fingerprint density at radius 1 is 1.29 bits per heavy atom. The van der Waals surface area contributed by atoms with Crippen molar-refractivity contribution in [1.29, 1.82) is 0 Å². The number of ether oxygens (including phenoxy) is 2. The zero-order valence-electron chi connectivity index (χ0n) is 7.94. The first-order valence-electron chi connectivity index (χ1n) is 4.27. The number of rotatable bonds is 5. The van der Waals surface area contributed by atoms with Gasteiger partial charge in [0.15, 0.2) is 0 Å². The number of benzene rings is 1. The van der Waals surface area contributed by atoms with Crippen LogP contribution >= 0.6 is 22.6 Å². The molecule has 1 atom stereocenters. The Labute approximate surface area is 97.2 Å². The quantitative estimate of drug-likeness (QED) is 0.841. The molecule has 0 aliphatic heterocycles. The van der Waals surface area contributed by atoms with Gasteiger partial charge in [-0.05, 0) is 46.9 Å². The fourth-order valence-electron chi connectivity index (χ4n) is 0.964. The van der Waals surface area contributed by atoms with E-state index in [2.05, 4.69) is 22.6 Å². The molecule has 0 saturated carbocycles. The molecule has 0 radical (unpaired) electrons. The molecule has 78 valence electrons. The Morgan fingerprint density at radius 2 is 1.93 bits per heavy atom. The molecule has 4 heteroatoms. The molecular weight excluding hydrogens is 295 g/mol. The highest BCUT2D eigenvalue weighted by atomic mass is 127. The fourth-order valence-corrected chi connectivity index (χ4v) is 1.32. The Balaban J connectivity index is 2.34. The van der Waals surface area contributed by atoms with Crippen LogP contribution in [0.1, 0.15) is 0 Å². The average molecular weight is 308 g/mol. The van der Waals surface area contributed by atoms with Crippen LogP contribution < -0.4 is 4.74 Å². The summed E-state index contributed by atoms with van der Waals surface area (Å²) in [6.45, 7) is 0.554. The maximum atomic E-state index is 9.31. The SMILES string of the molecule is COC[C@@H](O)COc1ccc(I)cc1. The summed E-state index contributed by atoms with van der Waals surface area (Å²) in [4.78, 5) is 0. The van der Waals surface area contributed by atoms with E-state index in [1.54, 1.807) is 7.11 Å². The van der Waals surface area contributed by atoms with E-state index in [0.29, 0.717) is 6.61 Å². The number of aliphatic hydroxyl groups is 1. The van der Waals surface area contributed by atoms with Crippen molar-refractivity contribution in [3.8, 4) is 5.75 Å². The van der Waals surface area contributed by atoms with Crippen LogP contribution in [-0.2, 0) is 4.74 Å². The number of hydrogen-bond acceptors (Lipinski definition) is 3. The van der Waals surface area contributed by atoms with Crippen LogP contribution in [0.4, 0.5) is 0 Å². The first kappa shape index (κ1) is 11.7. The molecule has 1 aromatic rings. The molecule has 14 heavy (non-hydrogen) atoms. The highest BCUT2D eigenvalue weighted by Crippen LogP contribution is 2.13. The third kappa shape index (κ3) is 4.26. The Bertz CT molecular complexity index is 261. The van der Waals surface area contributed by atoms with E-state index in [-0.39, 0.29) is 6.61 Å². The van der Waals surface area contributed by atoms with Crippen LogP contribution in [0.15, 0.2) is 24.3 Å². The van der Waals surface area contributed by atoms with E-state index < -0.39 is 6.10 Å². The van der Waals surface area contributed by atoms with Crippen molar-refractivity contribution in [2.45, 2.75) is 6.10 Å². The molecule has 0 fully saturated rings. The Morgan fingerprint density at radius 3 is 2.50 bits per heavy atom. The molecule has 0 saturated heterocycles. The summed E-state index contributed by atoms with van der Waals surface area (Å²) in [5.41, 5.74) is 0. The Hall–Kier alpha value is -0.330. The predicted octanol–water partition coefficient (Wildman–Crippen LogP) is 1.68. The molecule has 0 aromatic heterocycles. The zero-order valence-corrected chi connectivity index (χ0v) is 10.1. The summed E-state index contributed by atoms with van der Waals surface area (Å²) >= 11 is 2.23. The lowest BCUT2D eigenvalue weighted by Crippen LogP contribution is -2.22.